The van der Waals surface area contributed by atoms with Gasteiger partial charge in [-0.25, -0.2) is 0 Å². The maximum atomic E-state index is 10.6. The Hall–Kier alpha value is -1.13. The number of aliphatic carboxylic acids is 1. The molecule has 0 radical (unpaired) electrons. The maximum Gasteiger partial charge on any atom is 0.306 e. The van der Waals surface area contributed by atoms with Crippen molar-refractivity contribution in [1.29, 1.82) is 0 Å². The van der Waals surface area contributed by atoms with Crippen LogP contribution >= 0.6 is 12.4 Å². The van der Waals surface area contributed by atoms with Gasteiger partial charge in [-0.2, -0.15) is 0 Å². The van der Waals surface area contributed by atoms with Gasteiger partial charge in [0.05, 0.1) is 11.6 Å². The SMILES string of the molecule is Cl.O=C(O)C1CC(O)(c2ccccn2)C1. The molecule has 1 fully saturated rings. The molecule has 1 aliphatic rings. The number of nitrogens with zero attached hydrogens (tertiary/aromatic N) is 1. The summed E-state index contributed by atoms with van der Waals surface area (Å²) in [4.78, 5) is 14.6. The van der Waals surface area contributed by atoms with Crippen molar-refractivity contribution in [2.24, 2.45) is 5.92 Å². The van der Waals surface area contributed by atoms with Gasteiger partial charge in [-0.1, -0.05) is 6.07 Å². The minimum Gasteiger partial charge on any atom is -0.481 e. The van der Waals surface area contributed by atoms with Crippen LogP contribution in [0.25, 0.3) is 0 Å². The van der Waals surface area contributed by atoms with Crippen LogP contribution in [0.2, 0.25) is 0 Å². The van der Waals surface area contributed by atoms with Crippen LogP contribution in [0, 0.1) is 5.92 Å². The minimum absolute atomic E-state index is 0. The van der Waals surface area contributed by atoms with E-state index in [1.165, 1.54) is 0 Å². The fourth-order valence-electron chi connectivity index (χ4n) is 1.78. The first kappa shape index (κ1) is 11.9. The highest BCUT2D eigenvalue weighted by Crippen LogP contribution is 2.44. The standard InChI is InChI=1S/C10H11NO3.ClH/c12-9(13)7-5-10(14,6-7)8-3-1-2-4-11-8;/h1-4,7,14H,5-6H2,(H,12,13);1H. The van der Waals surface area contributed by atoms with Crippen molar-refractivity contribution >= 4 is 18.4 Å². The van der Waals surface area contributed by atoms with E-state index in [2.05, 4.69) is 4.98 Å². The Bertz CT molecular complexity index is 349. The molecule has 0 aliphatic heterocycles. The van der Waals surface area contributed by atoms with E-state index in [0.717, 1.165) is 0 Å². The lowest BCUT2D eigenvalue weighted by atomic mass is 9.69. The van der Waals surface area contributed by atoms with Crippen LogP contribution in [-0.4, -0.2) is 21.2 Å². The number of hydrogen-bond acceptors (Lipinski definition) is 3. The number of pyridine rings is 1. The van der Waals surface area contributed by atoms with Gasteiger partial charge in [-0.15, -0.1) is 12.4 Å². The van der Waals surface area contributed by atoms with Crippen molar-refractivity contribution in [2.45, 2.75) is 18.4 Å². The second-order valence-electron chi connectivity index (χ2n) is 3.69. The zero-order chi connectivity index (χ0) is 10.2. The van der Waals surface area contributed by atoms with Gasteiger partial charge in [-0.05, 0) is 25.0 Å². The summed E-state index contributed by atoms with van der Waals surface area (Å²) in [5.74, 6) is -1.27. The van der Waals surface area contributed by atoms with Gasteiger partial charge >= 0.3 is 5.97 Å². The molecule has 2 rings (SSSR count). The number of rotatable bonds is 2. The highest BCUT2D eigenvalue weighted by atomic mass is 35.5. The Labute approximate surface area is 93.4 Å². The van der Waals surface area contributed by atoms with Gasteiger partial charge in [0.2, 0.25) is 0 Å². The van der Waals surface area contributed by atoms with Gasteiger partial charge in [-0.3, -0.25) is 9.78 Å². The number of aromatic nitrogens is 1. The Balaban J connectivity index is 0.00000112. The van der Waals surface area contributed by atoms with E-state index in [0.29, 0.717) is 5.69 Å². The number of carbonyl (C=O) groups is 1. The van der Waals surface area contributed by atoms with Gasteiger partial charge in [0, 0.05) is 6.20 Å². The van der Waals surface area contributed by atoms with Crippen LogP contribution in [0.3, 0.4) is 0 Å². The van der Waals surface area contributed by atoms with E-state index in [9.17, 15) is 9.90 Å². The van der Waals surface area contributed by atoms with Crippen LogP contribution in [0.15, 0.2) is 24.4 Å². The van der Waals surface area contributed by atoms with Crippen molar-refractivity contribution < 1.29 is 15.0 Å². The molecular weight excluding hydrogens is 218 g/mol. The highest BCUT2D eigenvalue weighted by Gasteiger charge is 2.48. The molecule has 1 aliphatic carbocycles. The molecule has 1 saturated carbocycles. The molecule has 4 nitrogen and oxygen atoms in total. The third kappa shape index (κ3) is 2.11. The van der Waals surface area contributed by atoms with Crippen molar-refractivity contribution in [2.75, 3.05) is 0 Å². The first-order chi connectivity index (χ1) is 6.62. The smallest absolute Gasteiger partial charge is 0.306 e. The molecule has 1 heterocycles. The zero-order valence-electron chi connectivity index (χ0n) is 7.96. The summed E-state index contributed by atoms with van der Waals surface area (Å²) in [5.41, 5.74) is -0.456. The number of aliphatic hydroxyl groups is 1. The fraction of sp³-hybridized carbons (Fsp3) is 0.400. The lowest BCUT2D eigenvalue weighted by molar-refractivity contribution is -0.160. The predicted octanol–water partition coefficient (Wildman–Crippen LogP) is 1.19. The molecule has 1 aromatic heterocycles. The number of carboxylic acid groups (broad SMARTS) is 1. The van der Waals surface area contributed by atoms with Gasteiger partial charge in [0.15, 0.2) is 0 Å². The monoisotopic (exact) mass is 229 g/mol. The number of carboxylic acids is 1. The predicted molar refractivity (Wildman–Crippen MR) is 55.7 cm³/mol. The maximum absolute atomic E-state index is 10.6. The van der Waals surface area contributed by atoms with E-state index >= 15 is 0 Å². The van der Waals surface area contributed by atoms with Gasteiger partial charge in [0.1, 0.15) is 5.60 Å². The third-order valence-corrected chi connectivity index (χ3v) is 2.66. The Kier molecular flexibility index (Phi) is 3.31. The lowest BCUT2D eigenvalue weighted by Crippen LogP contribution is -2.45. The van der Waals surface area contributed by atoms with Crippen LogP contribution in [0.4, 0.5) is 0 Å². The lowest BCUT2D eigenvalue weighted by Gasteiger charge is -2.40. The summed E-state index contributed by atoms with van der Waals surface area (Å²) in [5, 5.41) is 18.7. The van der Waals surface area contributed by atoms with E-state index in [1.807, 2.05) is 0 Å². The topological polar surface area (TPSA) is 70.4 Å². The summed E-state index contributed by atoms with van der Waals surface area (Å²) >= 11 is 0. The Morgan fingerprint density at radius 1 is 1.47 bits per heavy atom. The molecule has 82 valence electrons. The van der Waals surface area contributed by atoms with Crippen LogP contribution < -0.4 is 0 Å². The van der Waals surface area contributed by atoms with E-state index in [4.69, 9.17) is 5.11 Å². The summed E-state index contributed by atoms with van der Waals surface area (Å²) in [6.07, 6.45) is 2.13. The Morgan fingerprint density at radius 2 is 2.13 bits per heavy atom. The third-order valence-electron chi connectivity index (χ3n) is 2.66. The van der Waals surface area contributed by atoms with Crippen molar-refractivity contribution in [3.05, 3.63) is 30.1 Å². The van der Waals surface area contributed by atoms with Crippen LogP contribution in [0.5, 0.6) is 0 Å². The molecule has 0 unspecified atom stereocenters. The largest absolute Gasteiger partial charge is 0.481 e. The first-order valence-electron chi connectivity index (χ1n) is 4.48. The van der Waals surface area contributed by atoms with Gasteiger partial charge in [0.25, 0.3) is 0 Å². The average Bonchev–Trinajstić information content (AvgIpc) is 2.14. The molecule has 0 aromatic carbocycles. The zero-order valence-corrected chi connectivity index (χ0v) is 8.78. The molecule has 2 N–H and O–H groups in total. The number of hydrogen-bond donors (Lipinski definition) is 2. The van der Waals surface area contributed by atoms with Crippen LogP contribution in [-0.2, 0) is 10.4 Å². The van der Waals surface area contributed by atoms with E-state index in [1.54, 1.807) is 24.4 Å². The highest BCUT2D eigenvalue weighted by molar-refractivity contribution is 5.85. The fourth-order valence-corrected chi connectivity index (χ4v) is 1.78. The average molecular weight is 230 g/mol. The van der Waals surface area contributed by atoms with E-state index < -0.39 is 17.5 Å². The molecule has 0 spiro atoms. The minimum atomic E-state index is -1.02. The molecule has 0 saturated heterocycles. The second kappa shape index (κ2) is 4.16. The first-order valence-corrected chi connectivity index (χ1v) is 4.48. The second-order valence-corrected chi connectivity index (χ2v) is 3.69. The quantitative estimate of drug-likeness (QED) is 0.799. The van der Waals surface area contributed by atoms with Gasteiger partial charge < -0.3 is 10.2 Å². The van der Waals surface area contributed by atoms with Crippen molar-refractivity contribution in [3.8, 4) is 0 Å². The molecule has 15 heavy (non-hydrogen) atoms. The molecule has 1 aromatic rings. The normalized spacial score (nSPS) is 28.7. The molecular formula is C10H12ClNO3. The molecule has 5 heteroatoms. The summed E-state index contributed by atoms with van der Waals surface area (Å²) in [6, 6.07) is 5.27. The summed E-state index contributed by atoms with van der Waals surface area (Å²) in [7, 11) is 0. The summed E-state index contributed by atoms with van der Waals surface area (Å²) in [6.45, 7) is 0. The number of halogens is 1. The molecule has 0 amide bonds. The summed E-state index contributed by atoms with van der Waals surface area (Å²) < 4.78 is 0. The van der Waals surface area contributed by atoms with Crippen LogP contribution in [0.1, 0.15) is 18.5 Å². The molecule has 0 atom stereocenters. The van der Waals surface area contributed by atoms with Crippen molar-refractivity contribution in [1.82, 2.24) is 4.98 Å². The molecule has 0 bridgehead atoms. The van der Waals surface area contributed by atoms with E-state index in [-0.39, 0.29) is 25.2 Å². The Morgan fingerprint density at radius 3 is 2.60 bits per heavy atom. The van der Waals surface area contributed by atoms with Crippen molar-refractivity contribution in [3.63, 3.8) is 0 Å².